The van der Waals surface area contributed by atoms with Gasteiger partial charge in [0.25, 0.3) is 0 Å². The second-order valence-electron chi connectivity index (χ2n) is 8.89. The number of nitrogens with one attached hydrogen (secondary N) is 2. The quantitative estimate of drug-likeness (QED) is 0.313. The Morgan fingerprint density at radius 2 is 1.94 bits per heavy atom. The zero-order valence-electron chi connectivity index (χ0n) is 19.6. The van der Waals surface area contributed by atoms with Crippen molar-refractivity contribution in [2.45, 2.75) is 57.8 Å². The first-order valence-electron chi connectivity index (χ1n) is 11.8. The third-order valence-corrected chi connectivity index (χ3v) is 6.67. The van der Waals surface area contributed by atoms with Crippen molar-refractivity contribution < 1.29 is 4.39 Å². The normalized spacial score (nSPS) is 21.5. The van der Waals surface area contributed by atoms with Gasteiger partial charge in [-0.2, -0.15) is 0 Å². The molecule has 6 nitrogen and oxygen atoms in total. The molecule has 2 saturated heterocycles. The number of nitrogens with zero attached hydrogens (tertiary/aromatic N) is 4. The van der Waals surface area contributed by atoms with E-state index in [-0.39, 0.29) is 35.8 Å². The van der Waals surface area contributed by atoms with Gasteiger partial charge in [-0.1, -0.05) is 30.7 Å². The fourth-order valence-electron chi connectivity index (χ4n) is 4.74. The van der Waals surface area contributed by atoms with Crippen LogP contribution in [0.4, 0.5) is 10.2 Å². The number of rotatable bonds is 6. The molecule has 3 heterocycles. The Bertz CT molecular complexity index is 923. The summed E-state index contributed by atoms with van der Waals surface area (Å²) < 4.78 is 14.1. The van der Waals surface area contributed by atoms with E-state index in [0.717, 1.165) is 32.0 Å². The van der Waals surface area contributed by atoms with Crippen molar-refractivity contribution in [1.82, 2.24) is 20.5 Å². The zero-order chi connectivity index (χ0) is 22.3. The van der Waals surface area contributed by atoms with Crippen molar-refractivity contribution in [1.29, 1.82) is 0 Å². The van der Waals surface area contributed by atoms with E-state index in [1.54, 1.807) is 19.3 Å². The van der Waals surface area contributed by atoms with Gasteiger partial charge in [-0.15, -0.1) is 24.0 Å². The van der Waals surface area contributed by atoms with Crippen LogP contribution < -0.4 is 15.5 Å². The summed E-state index contributed by atoms with van der Waals surface area (Å²) in [6.45, 7) is 6.73. The summed E-state index contributed by atoms with van der Waals surface area (Å²) in [5.74, 6) is 0.940. The minimum absolute atomic E-state index is 0. The van der Waals surface area contributed by atoms with E-state index in [2.05, 4.69) is 56.7 Å². The maximum absolute atomic E-state index is 14.1. The number of anilines is 1. The Morgan fingerprint density at radius 1 is 1.12 bits per heavy atom. The molecule has 2 N–H and O–H groups in total. The zero-order valence-corrected chi connectivity index (χ0v) is 22.0. The number of benzene rings is 1. The van der Waals surface area contributed by atoms with E-state index >= 15 is 0 Å². The minimum Gasteiger partial charge on any atom is -0.352 e. The standard InChI is InChI=1S/C25H35FN6.HI/c1-19-8-5-6-14-31(19)17-21-10-4-3-9-20(21)16-29-25(27-2)30-22-12-15-32(18-22)24-23(26)11-7-13-28-24;/h3-4,7,9-11,13,19,22H,5-6,8,12,14-18H2,1-2H3,(H2,27,29,30);1H. The van der Waals surface area contributed by atoms with Crippen LogP contribution in [0.2, 0.25) is 0 Å². The minimum atomic E-state index is -0.268. The third-order valence-electron chi connectivity index (χ3n) is 6.67. The number of guanidine groups is 1. The monoisotopic (exact) mass is 566 g/mol. The summed E-state index contributed by atoms with van der Waals surface area (Å²) >= 11 is 0. The number of aromatic nitrogens is 1. The van der Waals surface area contributed by atoms with Crippen LogP contribution in [0, 0.1) is 5.82 Å². The molecule has 0 aliphatic carbocycles. The van der Waals surface area contributed by atoms with E-state index in [1.165, 1.54) is 43.0 Å². The average molecular weight is 567 g/mol. The summed E-state index contributed by atoms with van der Waals surface area (Å²) in [6, 6.07) is 12.6. The predicted molar refractivity (Wildman–Crippen MR) is 144 cm³/mol. The van der Waals surface area contributed by atoms with Crippen molar-refractivity contribution in [3.8, 4) is 0 Å². The van der Waals surface area contributed by atoms with Gasteiger partial charge in [0.2, 0.25) is 0 Å². The highest BCUT2D eigenvalue weighted by Crippen LogP contribution is 2.22. The van der Waals surface area contributed by atoms with Crippen molar-refractivity contribution in [3.05, 3.63) is 59.5 Å². The van der Waals surface area contributed by atoms with Crippen LogP contribution in [-0.4, -0.2) is 54.6 Å². The molecule has 2 unspecified atom stereocenters. The van der Waals surface area contributed by atoms with Crippen LogP contribution in [0.25, 0.3) is 0 Å². The van der Waals surface area contributed by atoms with Crippen molar-refractivity contribution in [3.63, 3.8) is 0 Å². The largest absolute Gasteiger partial charge is 0.352 e. The van der Waals surface area contributed by atoms with Crippen molar-refractivity contribution in [2.24, 2.45) is 4.99 Å². The smallest absolute Gasteiger partial charge is 0.191 e. The van der Waals surface area contributed by atoms with Crippen LogP contribution in [0.1, 0.15) is 43.7 Å². The molecule has 0 amide bonds. The van der Waals surface area contributed by atoms with Crippen LogP contribution in [0.5, 0.6) is 0 Å². The molecule has 0 radical (unpaired) electrons. The average Bonchev–Trinajstić information content (AvgIpc) is 3.27. The predicted octanol–water partition coefficient (Wildman–Crippen LogP) is 4.16. The number of piperidine rings is 1. The SMILES string of the molecule is CN=C(NCc1ccccc1CN1CCCCC1C)NC1CCN(c2ncccc2F)C1.I. The molecule has 8 heteroatoms. The number of hydrogen-bond donors (Lipinski definition) is 2. The number of pyridine rings is 1. The van der Waals surface area contributed by atoms with E-state index in [9.17, 15) is 4.39 Å². The molecule has 1 aromatic heterocycles. The number of hydrogen-bond acceptors (Lipinski definition) is 4. The van der Waals surface area contributed by atoms with Crippen LogP contribution >= 0.6 is 24.0 Å². The number of aliphatic imine (C=N–C) groups is 1. The first kappa shape index (κ1) is 25.7. The number of halogens is 2. The van der Waals surface area contributed by atoms with E-state index < -0.39 is 0 Å². The lowest BCUT2D eigenvalue weighted by Gasteiger charge is -2.33. The summed E-state index contributed by atoms with van der Waals surface area (Å²) in [5.41, 5.74) is 2.68. The molecule has 4 rings (SSSR count). The molecule has 1 aromatic carbocycles. The van der Waals surface area contributed by atoms with E-state index in [4.69, 9.17) is 0 Å². The van der Waals surface area contributed by atoms with Gasteiger partial charge in [-0.05, 0) is 56.0 Å². The lowest BCUT2D eigenvalue weighted by molar-refractivity contribution is 0.152. The third kappa shape index (κ3) is 6.79. The summed E-state index contributed by atoms with van der Waals surface area (Å²) in [5, 5.41) is 6.98. The van der Waals surface area contributed by atoms with Crippen LogP contribution in [0.3, 0.4) is 0 Å². The van der Waals surface area contributed by atoms with Gasteiger partial charge in [0.1, 0.15) is 0 Å². The maximum Gasteiger partial charge on any atom is 0.191 e. The maximum atomic E-state index is 14.1. The molecule has 0 spiro atoms. The van der Waals surface area contributed by atoms with Gasteiger partial charge < -0.3 is 15.5 Å². The molecule has 0 bridgehead atoms. The Balaban J connectivity index is 0.00000306. The van der Waals surface area contributed by atoms with Gasteiger partial charge in [0.15, 0.2) is 17.6 Å². The Hall–Kier alpha value is -1.94. The first-order valence-corrected chi connectivity index (χ1v) is 11.8. The highest BCUT2D eigenvalue weighted by molar-refractivity contribution is 14.0. The molecule has 2 fully saturated rings. The summed E-state index contributed by atoms with van der Waals surface area (Å²) in [7, 11) is 1.79. The summed E-state index contributed by atoms with van der Waals surface area (Å²) in [4.78, 5) is 13.2. The Labute approximate surface area is 214 Å². The fourth-order valence-corrected chi connectivity index (χ4v) is 4.74. The van der Waals surface area contributed by atoms with Crippen LogP contribution in [0.15, 0.2) is 47.6 Å². The molecule has 180 valence electrons. The number of likely N-dealkylation sites (tertiary alicyclic amines) is 1. The second-order valence-corrected chi connectivity index (χ2v) is 8.89. The second kappa shape index (κ2) is 12.5. The fraction of sp³-hybridized carbons (Fsp3) is 0.520. The highest BCUT2D eigenvalue weighted by atomic mass is 127. The molecular formula is C25H36FIN6. The van der Waals surface area contributed by atoms with Crippen LogP contribution in [-0.2, 0) is 13.1 Å². The molecule has 2 aliphatic rings. The van der Waals surface area contributed by atoms with Gasteiger partial charge in [0, 0.05) is 51.5 Å². The van der Waals surface area contributed by atoms with Gasteiger partial charge >= 0.3 is 0 Å². The Morgan fingerprint density at radius 3 is 2.70 bits per heavy atom. The molecule has 33 heavy (non-hydrogen) atoms. The van der Waals surface area contributed by atoms with Gasteiger partial charge in [-0.25, -0.2) is 9.37 Å². The molecule has 2 aromatic rings. The molecule has 0 saturated carbocycles. The molecular weight excluding hydrogens is 530 g/mol. The van der Waals surface area contributed by atoms with Crippen molar-refractivity contribution >= 4 is 35.8 Å². The lowest BCUT2D eigenvalue weighted by atomic mass is 10.0. The van der Waals surface area contributed by atoms with E-state index in [0.29, 0.717) is 18.4 Å². The molecule has 2 atom stereocenters. The van der Waals surface area contributed by atoms with Crippen molar-refractivity contribution in [2.75, 3.05) is 31.6 Å². The van der Waals surface area contributed by atoms with E-state index in [1.807, 2.05) is 4.90 Å². The summed E-state index contributed by atoms with van der Waals surface area (Å²) in [6.07, 6.45) is 6.48. The van der Waals surface area contributed by atoms with Gasteiger partial charge in [-0.3, -0.25) is 9.89 Å². The molecule has 2 aliphatic heterocycles. The first-order chi connectivity index (χ1) is 15.6. The van der Waals surface area contributed by atoms with Gasteiger partial charge in [0.05, 0.1) is 0 Å². The highest BCUT2D eigenvalue weighted by Gasteiger charge is 2.26. The topological polar surface area (TPSA) is 55.8 Å². The lowest BCUT2D eigenvalue weighted by Crippen LogP contribution is -2.44. The Kier molecular flexibility index (Phi) is 9.73.